The minimum atomic E-state index is 0.0970. The molecule has 0 aliphatic rings. The average molecular weight is 310 g/mol. The van der Waals surface area contributed by atoms with Crippen LogP contribution in [-0.4, -0.2) is 12.0 Å². The maximum Gasteiger partial charge on any atom is 0.203 e. The van der Waals surface area contributed by atoms with Crippen LogP contribution in [0.4, 0.5) is 0 Å². The van der Waals surface area contributed by atoms with E-state index in [1.807, 2.05) is 66.9 Å². The fourth-order valence-corrected chi connectivity index (χ4v) is 3.88. The molecule has 0 N–H and O–H groups in total. The molecule has 3 aromatic rings. The second-order valence-corrected chi connectivity index (χ2v) is 6.73. The van der Waals surface area contributed by atoms with Crippen molar-refractivity contribution in [2.75, 3.05) is 6.26 Å². The van der Waals surface area contributed by atoms with Gasteiger partial charge in [0.25, 0.3) is 0 Å². The number of thioether (sulfide) groups is 1. The first-order chi connectivity index (χ1) is 10.3. The molecule has 0 aliphatic carbocycles. The van der Waals surface area contributed by atoms with Crippen LogP contribution >= 0.6 is 23.1 Å². The van der Waals surface area contributed by atoms with Crippen molar-refractivity contribution in [3.05, 3.63) is 77.2 Å². The van der Waals surface area contributed by atoms with Crippen LogP contribution in [-0.2, 0) is 0 Å². The second kappa shape index (κ2) is 6.29. The average Bonchev–Trinajstić information content (AvgIpc) is 3.00. The van der Waals surface area contributed by atoms with Crippen LogP contribution < -0.4 is 0 Å². The Balaban J connectivity index is 2.10. The fourth-order valence-electron chi connectivity index (χ4n) is 2.19. The lowest BCUT2D eigenvalue weighted by Gasteiger charge is -2.03. The molecule has 1 heterocycles. The standard InChI is InChI=1S/C18H14OS2/c1-20-16-12-15(13-8-4-2-5-9-13)18(21-16)17(19)14-10-6-3-7-11-14/h2-12H,1H3. The predicted octanol–water partition coefficient (Wildman–Crippen LogP) is 5.37. The lowest BCUT2D eigenvalue weighted by Crippen LogP contribution is -1.99. The van der Waals surface area contributed by atoms with Gasteiger partial charge in [-0.25, -0.2) is 0 Å². The van der Waals surface area contributed by atoms with E-state index in [4.69, 9.17) is 0 Å². The normalized spacial score (nSPS) is 10.5. The number of hydrogen-bond donors (Lipinski definition) is 0. The third-order valence-electron chi connectivity index (χ3n) is 3.24. The third-order valence-corrected chi connectivity index (χ3v) is 5.44. The zero-order chi connectivity index (χ0) is 14.7. The van der Waals surface area contributed by atoms with Crippen molar-refractivity contribution in [3.63, 3.8) is 0 Å². The first kappa shape index (κ1) is 14.1. The van der Waals surface area contributed by atoms with E-state index < -0.39 is 0 Å². The summed E-state index contributed by atoms with van der Waals surface area (Å²) in [5.41, 5.74) is 2.86. The van der Waals surface area contributed by atoms with Crippen LogP contribution in [0, 0.1) is 0 Å². The molecular formula is C18H14OS2. The molecule has 0 unspecified atom stereocenters. The molecule has 0 fully saturated rings. The van der Waals surface area contributed by atoms with E-state index in [1.54, 1.807) is 23.1 Å². The number of hydrogen-bond acceptors (Lipinski definition) is 3. The minimum absolute atomic E-state index is 0.0970. The number of thiophene rings is 1. The Bertz CT molecular complexity index is 745. The van der Waals surface area contributed by atoms with Gasteiger partial charge in [0.05, 0.1) is 9.09 Å². The third kappa shape index (κ3) is 2.94. The van der Waals surface area contributed by atoms with E-state index >= 15 is 0 Å². The zero-order valence-corrected chi connectivity index (χ0v) is 13.2. The Morgan fingerprint density at radius 1 is 0.952 bits per heavy atom. The summed E-state index contributed by atoms with van der Waals surface area (Å²) in [6.45, 7) is 0. The van der Waals surface area contributed by atoms with Crippen LogP contribution in [0.25, 0.3) is 11.1 Å². The topological polar surface area (TPSA) is 17.1 Å². The zero-order valence-electron chi connectivity index (χ0n) is 11.6. The molecule has 21 heavy (non-hydrogen) atoms. The summed E-state index contributed by atoms with van der Waals surface area (Å²) in [6, 6.07) is 21.7. The molecule has 0 bridgehead atoms. The van der Waals surface area contributed by atoms with Gasteiger partial charge in [0.2, 0.25) is 5.78 Å². The molecule has 0 radical (unpaired) electrons. The summed E-state index contributed by atoms with van der Waals surface area (Å²) in [5.74, 6) is 0.0970. The molecule has 1 aromatic heterocycles. The SMILES string of the molecule is CSc1cc(-c2ccccc2)c(C(=O)c2ccccc2)s1. The van der Waals surface area contributed by atoms with Gasteiger partial charge in [-0.05, 0) is 17.9 Å². The predicted molar refractivity (Wildman–Crippen MR) is 91.4 cm³/mol. The van der Waals surface area contributed by atoms with Crippen molar-refractivity contribution in [1.29, 1.82) is 0 Å². The maximum atomic E-state index is 12.8. The summed E-state index contributed by atoms with van der Waals surface area (Å²) in [6.07, 6.45) is 2.04. The highest BCUT2D eigenvalue weighted by Gasteiger charge is 2.18. The van der Waals surface area contributed by atoms with Gasteiger partial charge in [-0.3, -0.25) is 4.79 Å². The highest BCUT2D eigenvalue weighted by Crippen LogP contribution is 2.37. The van der Waals surface area contributed by atoms with Crippen LogP contribution in [0.3, 0.4) is 0 Å². The Labute approximate surface area is 132 Å². The highest BCUT2D eigenvalue weighted by atomic mass is 32.2. The van der Waals surface area contributed by atoms with E-state index in [2.05, 4.69) is 6.07 Å². The molecule has 2 aromatic carbocycles. The van der Waals surface area contributed by atoms with E-state index in [1.165, 1.54) is 0 Å². The van der Waals surface area contributed by atoms with Crippen LogP contribution in [0.15, 0.2) is 70.9 Å². The van der Waals surface area contributed by atoms with Crippen molar-refractivity contribution in [3.8, 4) is 11.1 Å². The van der Waals surface area contributed by atoms with Gasteiger partial charge >= 0.3 is 0 Å². The van der Waals surface area contributed by atoms with Gasteiger partial charge in [-0.1, -0.05) is 60.7 Å². The molecular weight excluding hydrogens is 296 g/mol. The van der Waals surface area contributed by atoms with E-state index in [0.717, 1.165) is 25.8 Å². The van der Waals surface area contributed by atoms with Crippen molar-refractivity contribution in [1.82, 2.24) is 0 Å². The number of carbonyl (C=O) groups excluding carboxylic acids is 1. The highest BCUT2D eigenvalue weighted by molar-refractivity contribution is 8.00. The first-order valence-electron chi connectivity index (χ1n) is 6.62. The first-order valence-corrected chi connectivity index (χ1v) is 8.66. The van der Waals surface area contributed by atoms with Gasteiger partial charge in [0.1, 0.15) is 0 Å². The number of carbonyl (C=O) groups is 1. The van der Waals surface area contributed by atoms with Crippen molar-refractivity contribution in [2.24, 2.45) is 0 Å². The molecule has 104 valence electrons. The van der Waals surface area contributed by atoms with Crippen molar-refractivity contribution < 1.29 is 4.79 Å². The molecule has 0 spiro atoms. The lowest BCUT2D eigenvalue weighted by molar-refractivity contribution is 0.104. The van der Waals surface area contributed by atoms with Crippen LogP contribution in [0.2, 0.25) is 0 Å². The van der Waals surface area contributed by atoms with Gasteiger partial charge in [-0.2, -0.15) is 0 Å². The molecule has 0 amide bonds. The Kier molecular flexibility index (Phi) is 4.23. The van der Waals surface area contributed by atoms with Gasteiger partial charge in [-0.15, -0.1) is 23.1 Å². The molecule has 3 rings (SSSR count). The number of ketones is 1. The van der Waals surface area contributed by atoms with Crippen molar-refractivity contribution >= 4 is 28.9 Å². The Morgan fingerprint density at radius 2 is 1.57 bits per heavy atom. The monoisotopic (exact) mass is 310 g/mol. The molecule has 3 heteroatoms. The molecule has 0 atom stereocenters. The quantitative estimate of drug-likeness (QED) is 0.476. The molecule has 0 saturated carbocycles. The van der Waals surface area contributed by atoms with E-state index in [9.17, 15) is 4.79 Å². The van der Waals surface area contributed by atoms with Gasteiger partial charge < -0.3 is 0 Å². The van der Waals surface area contributed by atoms with Gasteiger partial charge in [0, 0.05) is 11.1 Å². The molecule has 0 saturated heterocycles. The Morgan fingerprint density at radius 3 is 2.19 bits per heavy atom. The summed E-state index contributed by atoms with van der Waals surface area (Å²) in [5, 5.41) is 0. The second-order valence-electron chi connectivity index (χ2n) is 4.57. The Hall–Kier alpha value is -1.84. The van der Waals surface area contributed by atoms with Gasteiger partial charge in [0.15, 0.2) is 0 Å². The summed E-state index contributed by atoms with van der Waals surface area (Å²) >= 11 is 3.25. The number of benzene rings is 2. The summed E-state index contributed by atoms with van der Waals surface area (Å²) < 4.78 is 1.16. The maximum absolute atomic E-state index is 12.8. The van der Waals surface area contributed by atoms with Crippen LogP contribution in [0.5, 0.6) is 0 Å². The number of rotatable bonds is 4. The summed E-state index contributed by atoms with van der Waals surface area (Å²) in [4.78, 5) is 13.6. The smallest absolute Gasteiger partial charge is 0.203 e. The van der Waals surface area contributed by atoms with E-state index in [0.29, 0.717) is 0 Å². The van der Waals surface area contributed by atoms with Crippen molar-refractivity contribution in [2.45, 2.75) is 4.21 Å². The fraction of sp³-hybridized carbons (Fsp3) is 0.0556. The van der Waals surface area contributed by atoms with E-state index in [-0.39, 0.29) is 5.78 Å². The largest absolute Gasteiger partial charge is 0.288 e. The minimum Gasteiger partial charge on any atom is -0.288 e. The van der Waals surface area contributed by atoms with Crippen LogP contribution in [0.1, 0.15) is 15.2 Å². The molecule has 0 aliphatic heterocycles. The summed E-state index contributed by atoms with van der Waals surface area (Å²) in [7, 11) is 0. The lowest BCUT2D eigenvalue weighted by atomic mass is 10.0. The molecule has 1 nitrogen and oxygen atoms in total.